The monoisotopic (exact) mass is 406 g/mol. The van der Waals surface area contributed by atoms with E-state index >= 15 is 0 Å². The first-order valence-corrected chi connectivity index (χ1v) is 11.0. The number of amides is 1. The molecule has 0 spiro atoms. The number of aryl methyl sites for hydroxylation is 1. The van der Waals surface area contributed by atoms with Gasteiger partial charge < -0.3 is 5.32 Å². The molecule has 0 saturated carbocycles. The average Bonchev–Trinajstić information content (AvgIpc) is 3.05. The summed E-state index contributed by atoms with van der Waals surface area (Å²) in [5.41, 5.74) is 6.62. The maximum Gasteiger partial charge on any atom is 0.255 e. The molecule has 148 valence electrons. The predicted octanol–water partition coefficient (Wildman–Crippen LogP) is 4.12. The van der Waals surface area contributed by atoms with Crippen molar-refractivity contribution >= 4 is 21.6 Å². The lowest BCUT2D eigenvalue weighted by atomic mass is 10.1. The van der Waals surface area contributed by atoms with E-state index in [2.05, 4.69) is 22.2 Å². The van der Waals surface area contributed by atoms with Crippen molar-refractivity contribution in [2.45, 2.75) is 25.2 Å². The smallest absolute Gasteiger partial charge is 0.255 e. The van der Waals surface area contributed by atoms with Gasteiger partial charge in [-0.25, -0.2) is 13.1 Å². The van der Waals surface area contributed by atoms with Crippen LogP contribution in [0.1, 0.15) is 34.0 Å². The first-order chi connectivity index (χ1) is 13.9. The number of hydrogen-bond acceptors (Lipinski definition) is 3. The van der Waals surface area contributed by atoms with Crippen molar-refractivity contribution in [2.24, 2.45) is 0 Å². The molecule has 0 atom stereocenters. The summed E-state index contributed by atoms with van der Waals surface area (Å²) in [6.45, 7) is 3.79. The van der Waals surface area contributed by atoms with E-state index in [1.165, 1.54) is 34.4 Å². The van der Waals surface area contributed by atoms with E-state index in [4.69, 9.17) is 0 Å². The highest BCUT2D eigenvalue weighted by Gasteiger charge is 2.20. The van der Waals surface area contributed by atoms with Gasteiger partial charge in [-0.2, -0.15) is 0 Å². The number of anilines is 1. The van der Waals surface area contributed by atoms with E-state index in [1.54, 1.807) is 19.9 Å². The molecule has 3 aromatic rings. The lowest BCUT2D eigenvalue weighted by molar-refractivity contribution is 0.102. The zero-order valence-corrected chi connectivity index (χ0v) is 17.1. The molecule has 0 fully saturated rings. The van der Waals surface area contributed by atoms with Crippen LogP contribution in [0.3, 0.4) is 0 Å². The van der Waals surface area contributed by atoms with Crippen LogP contribution >= 0.6 is 0 Å². The predicted molar refractivity (Wildman–Crippen MR) is 115 cm³/mol. The Balaban J connectivity index is 1.60. The van der Waals surface area contributed by atoms with E-state index in [0.717, 1.165) is 6.42 Å². The van der Waals surface area contributed by atoms with Gasteiger partial charge in [0.15, 0.2) is 0 Å². The molecule has 1 amide bonds. The number of carbonyl (C=O) groups is 1. The minimum Gasteiger partial charge on any atom is -0.322 e. The largest absolute Gasteiger partial charge is 0.322 e. The molecule has 29 heavy (non-hydrogen) atoms. The van der Waals surface area contributed by atoms with Gasteiger partial charge in [-0.05, 0) is 65.4 Å². The highest BCUT2D eigenvalue weighted by Crippen LogP contribution is 2.37. The molecule has 0 heterocycles. The molecule has 0 radical (unpaired) electrons. The first kappa shape index (κ1) is 19.4. The Morgan fingerprint density at radius 3 is 2.52 bits per heavy atom. The fourth-order valence-electron chi connectivity index (χ4n) is 3.71. The van der Waals surface area contributed by atoms with Crippen LogP contribution in [-0.2, 0) is 16.4 Å². The van der Waals surface area contributed by atoms with Gasteiger partial charge in [0.1, 0.15) is 0 Å². The Kier molecular flexibility index (Phi) is 4.98. The number of carbonyl (C=O) groups excluding carboxylic acids is 1. The molecule has 0 saturated heterocycles. The standard InChI is InChI=1S/C23H22N2O3S/c1-3-24-29(27,28)19-10-8-15(2)22(14-19)23(26)25-18-9-11-21-17(13-18)12-16-6-4-5-7-20(16)21/h4-11,13-14,24H,3,12H2,1-2H3,(H,25,26). The van der Waals surface area contributed by atoms with Crippen LogP contribution in [0.15, 0.2) is 65.6 Å². The summed E-state index contributed by atoms with van der Waals surface area (Å²) in [5.74, 6) is -0.327. The SMILES string of the molecule is CCNS(=O)(=O)c1ccc(C)c(C(=O)Nc2ccc3c(c2)Cc2ccccc2-3)c1. The van der Waals surface area contributed by atoms with Crippen molar-refractivity contribution in [3.63, 3.8) is 0 Å². The van der Waals surface area contributed by atoms with Crippen LogP contribution in [0.25, 0.3) is 11.1 Å². The number of rotatable bonds is 5. The Morgan fingerprint density at radius 1 is 0.966 bits per heavy atom. The van der Waals surface area contributed by atoms with Crippen molar-refractivity contribution in [3.05, 3.63) is 82.9 Å². The summed E-state index contributed by atoms with van der Waals surface area (Å²) in [4.78, 5) is 12.9. The normalized spacial score (nSPS) is 12.3. The third kappa shape index (κ3) is 3.69. The summed E-state index contributed by atoms with van der Waals surface area (Å²) in [7, 11) is -3.62. The summed E-state index contributed by atoms with van der Waals surface area (Å²) < 4.78 is 27.0. The van der Waals surface area contributed by atoms with Gasteiger partial charge in [0.2, 0.25) is 10.0 Å². The molecule has 1 aliphatic carbocycles. The Labute approximate surface area is 170 Å². The maximum atomic E-state index is 12.9. The second-order valence-electron chi connectivity index (χ2n) is 7.14. The second-order valence-corrected chi connectivity index (χ2v) is 8.90. The minimum absolute atomic E-state index is 0.0829. The molecular weight excluding hydrogens is 384 g/mol. The van der Waals surface area contributed by atoms with E-state index < -0.39 is 10.0 Å². The van der Waals surface area contributed by atoms with Crippen molar-refractivity contribution in [1.82, 2.24) is 4.72 Å². The van der Waals surface area contributed by atoms with E-state index in [0.29, 0.717) is 16.8 Å². The van der Waals surface area contributed by atoms with Crippen LogP contribution in [0.5, 0.6) is 0 Å². The van der Waals surface area contributed by atoms with Crippen LogP contribution in [0.2, 0.25) is 0 Å². The van der Waals surface area contributed by atoms with Gasteiger partial charge in [0.25, 0.3) is 5.91 Å². The van der Waals surface area contributed by atoms with Gasteiger partial charge >= 0.3 is 0 Å². The summed E-state index contributed by atoms with van der Waals surface area (Å²) in [6.07, 6.45) is 0.838. The molecule has 6 heteroatoms. The van der Waals surface area contributed by atoms with Crippen molar-refractivity contribution in [3.8, 4) is 11.1 Å². The number of sulfonamides is 1. The molecule has 1 aliphatic rings. The number of fused-ring (bicyclic) bond motifs is 3. The lowest BCUT2D eigenvalue weighted by Crippen LogP contribution is -2.24. The van der Waals surface area contributed by atoms with Crippen LogP contribution in [0.4, 0.5) is 5.69 Å². The van der Waals surface area contributed by atoms with Gasteiger partial charge in [-0.3, -0.25) is 4.79 Å². The van der Waals surface area contributed by atoms with Crippen LogP contribution in [0, 0.1) is 6.92 Å². The highest BCUT2D eigenvalue weighted by atomic mass is 32.2. The quantitative estimate of drug-likeness (QED) is 0.524. The summed E-state index contributed by atoms with van der Waals surface area (Å²) >= 11 is 0. The Bertz CT molecular complexity index is 1220. The van der Waals surface area contributed by atoms with Crippen molar-refractivity contribution in [1.29, 1.82) is 0 Å². The van der Waals surface area contributed by atoms with Crippen LogP contribution in [-0.4, -0.2) is 20.9 Å². The van der Waals surface area contributed by atoms with Crippen molar-refractivity contribution < 1.29 is 13.2 Å². The average molecular weight is 407 g/mol. The summed E-state index contributed by atoms with van der Waals surface area (Å²) in [5, 5.41) is 2.91. The fourth-order valence-corrected chi connectivity index (χ4v) is 4.77. The van der Waals surface area contributed by atoms with Gasteiger partial charge in [0.05, 0.1) is 4.90 Å². The third-order valence-corrected chi connectivity index (χ3v) is 6.69. The van der Waals surface area contributed by atoms with E-state index in [-0.39, 0.29) is 17.3 Å². The molecule has 0 aromatic heterocycles. The molecule has 5 nitrogen and oxygen atoms in total. The Morgan fingerprint density at radius 2 is 1.72 bits per heavy atom. The number of hydrogen-bond donors (Lipinski definition) is 2. The minimum atomic E-state index is -3.62. The molecule has 2 N–H and O–H groups in total. The second kappa shape index (κ2) is 7.46. The maximum absolute atomic E-state index is 12.9. The highest BCUT2D eigenvalue weighted by molar-refractivity contribution is 7.89. The van der Waals surface area contributed by atoms with Gasteiger partial charge in [0, 0.05) is 17.8 Å². The zero-order chi connectivity index (χ0) is 20.6. The summed E-state index contributed by atoms with van der Waals surface area (Å²) in [6, 6.07) is 18.8. The van der Waals surface area contributed by atoms with E-state index in [9.17, 15) is 13.2 Å². The molecular formula is C23H22N2O3S. The fraction of sp³-hybridized carbons (Fsp3) is 0.174. The van der Waals surface area contributed by atoms with Crippen molar-refractivity contribution in [2.75, 3.05) is 11.9 Å². The number of nitrogens with one attached hydrogen (secondary N) is 2. The molecule has 4 rings (SSSR count). The van der Waals surface area contributed by atoms with Crippen LogP contribution < -0.4 is 10.0 Å². The third-order valence-electron chi connectivity index (χ3n) is 5.15. The molecule has 0 unspecified atom stereocenters. The zero-order valence-electron chi connectivity index (χ0n) is 16.3. The molecule has 0 bridgehead atoms. The van der Waals surface area contributed by atoms with E-state index in [1.807, 2.05) is 30.3 Å². The number of benzene rings is 3. The Hall–Kier alpha value is -2.96. The topological polar surface area (TPSA) is 75.3 Å². The first-order valence-electron chi connectivity index (χ1n) is 9.52. The molecule has 0 aliphatic heterocycles. The van der Waals surface area contributed by atoms with Gasteiger partial charge in [-0.1, -0.05) is 43.3 Å². The molecule has 3 aromatic carbocycles. The van der Waals surface area contributed by atoms with Gasteiger partial charge in [-0.15, -0.1) is 0 Å². The lowest BCUT2D eigenvalue weighted by Gasteiger charge is -2.11.